The summed E-state index contributed by atoms with van der Waals surface area (Å²) in [5, 5.41) is 6.39. The summed E-state index contributed by atoms with van der Waals surface area (Å²) in [6.45, 7) is 5.55. The average Bonchev–Trinajstić information content (AvgIpc) is 3.00. The van der Waals surface area contributed by atoms with Gasteiger partial charge in [0.1, 0.15) is 5.76 Å². The van der Waals surface area contributed by atoms with Crippen molar-refractivity contribution in [3.05, 3.63) is 41.7 Å². The first-order valence-electron chi connectivity index (χ1n) is 8.37. The van der Waals surface area contributed by atoms with Gasteiger partial charge in [-0.15, -0.1) is 0 Å². The molecule has 3 rings (SSSR count). The molecule has 0 unspecified atom stereocenters. The van der Waals surface area contributed by atoms with Crippen LogP contribution in [0, 0.1) is 13.8 Å². The number of amides is 1. The summed E-state index contributed by atoms with van der Waals surface area (Å²) < 4.78 is 31.7. The Morgan fingerprint density at radius 1 is 1.15 bits per heavy atom. The number of rotatable bonds is 5. The average molecular weight is 378 g/mol. The number of hydrogen-bond donors (Lipinski definition) is 1. The highest BCUT2D eigenvalue weighted by Gasteiger charge is 2.29. The summed E-state index contributed by atoms with van der Waals surface area (Å²) in [6.07, 6.45) is 0. The van der Waals surface area contributed by atoms with Crippen LogP contribution in [-0.4, -0.2) is 61.4 Å². The Morgan fingerprint density at radius 3 is 2.38 bits per heavy atom. The molecule has 0 bridgehead atoms. The molecule has 0 saturated carbocycles. The minimum atomic E-state index is -3.49. The van der Waals surface area contributed by atoms with E-state index in [0.717, 1.165) is 5.56 Å². The standard InChI is InChI=1S/C17H22N4O4S/c1-13-3-5-15(6-4-13)26(23,24)21-9-7-20(8-10-21)12-17(22)18-16-11-14(2)25-19-16/h3-6,11H,7-10,12H2,1-2H3,(H,18,19,22). The molecule has 1 amide bonds. The smallest absolute Gasteiger partial charge is 0.243 e. The van der Waals surface area contributed by atoms with Gasteiger partial charge < -0.3 is 9.84 Å². The molecule has 1 aliphatic rings. The van der Waals surface area contributed by atoms with Gasteiger partial charge in [-0.2, -0.15) is 4.31 Å². The van der Waals surface area contributed by atoms with E-state index in [4.69, 9.17) is 4.52 Å². The highest BCUT2D eigenvalue weighted by molar-refractivity contribution is 7.89. The summed E-state index contributed by atoms with van der Waals surface area (Å²) in [7, 11) is -3.49. The van der Waals surface area contributed by atoms with Crippen LogP contribution < -0.4 is 5.32 Å². The van der Waals surface area contributed by atoms with Gasteiger partial charge in [-0.1, -0.05) is 22.9 Å². The SMILES string of the molecule is Cc1ccc(S(=O)(=O)N2CCN(CC(=O)Nc3cc(C)on3)CC2)cc1. The number of nitrogens with zero attached hydrogens (tertiary/aromatic N) is 3. The molecule has 2 aromatic rings. The van der Waals surface area contributed by atoms with Crippen LogP contribution in [0.1, 0.15) is 11.3 Å². The summed E-state index contributed by atoms with van der Waals surface area (Å²) in [5.74, 6) is 0.802. The van der Waals surface area contributed by atoms with Crippen molar-refractivity contribution in [2.75, 3.05) is 38.0 Å². The van der Waals surface area contributed by atoms with Gasteiger partial charge >= 0.3 is 0 Å². The molecule has 0 atom stereocenters. The maximum Gasteiger partial charge on any atom is 0.243 e. The van der Waals surface area contributed by atoms with Crippen LogP contribution in [0.4, 0.5) is 5.82 Å². The number of sulfonamides is 1. The Hall–Kier alpha value is -2.23. The third-order valence-electron chi connectivity index (χ3n) is 4.25. The van der Waals surface area contributed by atoms with Crippen molar-refractivity contribution in [2.45, 2.75) is 18.7 Å². The van der Waals surface area contributed by atoms with Gasteiger partial charge in [0.2, 0.25) is 15.9 Å². The highest BCUT2D eigenvalue weighted by atomic mass is 32.2. The molecule has 0 radical (unpaired) electrons. The molecule has 9 heteroatoms. The number of hydrogen-bond acceptors (Lipinski definition) is 6. The number of carbonyl (C=O) groups is 1. The Balaban J connectivity index is 1.53. The molecule has 1 N–H and O–H groups in total. The van der Waals surface area contributed by atoms with Crippen LogP contribution in [0.15, 0.2) is 39.8 Å². The van der Waals surface area contributed by atoms with E-state index in [-0.39, 0.29) is 12.5 Å². The summed E-state index contributed by atoms with van der Waals surface area (Å²) >= 11 is 0. The molecule has 0 spiro atoms. The predicted molar refractivity (Wildman–Crippen MR) is 96.2 cm³/mol. The van der Waals surface area contributed by atoms with E-state index in [2.05, 4.69) is 10.5 Å². The molecular formula is C17H22N4O4S. The zero-order valence-corrected chi connectivity index (χ0v) is 15.6. The van der Waals surface area contributed by atoms with Gasteiger partial charge in [-0.05, 0) is 26.0 Å². The van der Waals surface area contributed by atoms with Crippen molar-refractivity contribution >= 4 is 21.7 Å². The third kappa shape index (κ3) is 4.29. The lowest BCUT2D eigenvalue weighted by Crippen LogP contribution is -2.50. The topological polar surface area (TPSA) is 95.8 Å². The first kappa shape index (κ1) is 18.6. The molecule has 1 aromatic carbocycles. The lowest BCUT2D eigenvalue weighted by molar-refractivity contribution is -0.117. The van der Waals surface area contributed by atoms with E-state index in [1.807, 2.05) is 11.8 Å². The van der Waals surface area contributed by atoms with Gasteiger partial charge in [0.05, 0.1) is 11.4 Å². The lowest BCUT2D eigenvalue weighted by atomic mass is 10.2. The monoisotopic (exact) mass is 378 g/mol. The Kier molecular flexibility index (Phi) is 5.40. The number of aryl methyl sites for hydroxylation is 2. The fraction of sp³-hybridized carbons (Fsp3) is 0.412. The minimum Gasteiger partial charge on any atom is -0.360 e. The second kappa shape index (κ2) is 7.56. The van der Waals surface area contributed by atoms with Crippen LogP contribution in [0.25, 0.3) is 0 Å². The maximum atomic E-state index is 12.7. The normalized spacial score (nSPS) is 16.5. The van der Waals surface area contributed by atoms with Gasteiger partial charge in [0.25, 0.3) is 0 Å². The van der Waals surface area contributed by atoms with Crippen LogP contribution in [0.5, 0.6) is 0 Å². The Morgan fingerprint density at radius 2 is 1.81 bits per heavy atom. The third-order valence-corrected chi connectivity index (χ3v) is 6.17. The Labute approximate surface area is 152 Å². The first-order chi connectivity index (χ1) is 12.3. The van der Waals surface area contributed by atoms with Crippen LogP contribution in [0.3, 0.4) is 0 Å². The number of piperazine rings is 1. The fourth-order valence-corrected chi connectivity index (χ4v) is 4.22. The number of benzene rings is 1. The maximum absolute atomic E-state index is 12.7. The number of aromatic nitrogens is 1. The molecular weight excluding hydrogens is 356 g/mol. The molecule has 2 heterocycles. The highest BCUT2D eigenvalue weighted by Crippen LogP contribution is 2.18. The summed E-state index contributed by atoms with van der Waals surface area (Å²) in [4.78, 5) is 14.3. The Bertz CT molecular complexity index is 868. The second-order valence-electron chi connectivity index (χ2n) is 6.36. The molecule has 26 heavy (non-hydrogen) atoms. The zero-order valence-electron chi connectivity index (χ0n) is 14.8. The van der Waals surface area contributed by atoms with Crippen molar-refractivity contribution < 1.29 is 17.7 Å². The van der Waals surface area contributed by atoms with E-state index >= 15 is 0 Å². The van der Waals surface area contributed by atoms with Crippen molar-refractivity contribution in [3.63, 3.8) is 0 Å². The van der Waals surface area contributed by atoms with E-state index in [9.17, 15) is 13.2 Å². The van der Waals surface area contributed by atoms with Crippen molar-refractivity contribution in [1.29, 1.82) is 0 Å². The van der Waals surface area contributed by atoms with E-state index in [1.54, 1.807) is 37.3 Å². The minimum absolute atomic E-state index is 0.185. The number of carbonyl (C=O) groups excluding carboxylic acids is 1. The molecule has 8 nitrogen and oxygen atoms in total. The molecule has 1 fully saturated rings. The van der Waals surface area contributed by atoms with Crippen LogP contribution in [0.2, 0.25) is 0 Å². The fourth-order valence-electron chi connectivity index (χ4n) is 2.80. The molecule has 1 aromatic heterocycles. The quantitative estimate of drug-likeness (QED) is 0.841. The van der Waals surface area contributed by atoms with E-state index in [1.165, 1.54) is 4.31 Å². The van der Waals surface area contributed by atoms with E-state index < -0.39 is 10.0 Å². The molecule has 0 aliphatic carbocycles. The van der Waals surface area contributed by atoms with Crippen molar-refractivity contribution in [2.24, 2.45) is 0 Å². The number of anilines is 1. The second-order valence-corrected chi connectivity index (χ2v) is 8.30. The lowest BCUT2D eigenvalue weighted by Gasteiger charge is -2.33. The zero-order chi connectivity index (χ0) is 18.7. The van der Waals surface area contributed by atoms with Crippen LogP contribution >= 0.6 is 0 Å². The molecule has 140 valence electrons. The van der Waals surface area contributed by atoms with Crippen molar-refractivity contribution in [3.8, 4) is 0 Å². The first-order valence-corrected chi connectivity index (χ1v) is 9.81. The summed E-state index contributed by atoms with van der Waals surface area (Å²) in [5.41, 5.74) is 1.02. The molecule has 1 saturated heterocycles. The van der Waals surface area contributed by atoms with Crippen molar-refractivity contribution in [1.82, 2.24) is 14.4 Å². The van der Waals surface area contributed by atoms with Gasteiger partial charge in [0, 0.05) is 32.2 Å². The largest absolute Gasteiger partial charge is 0.360 e. The predicted octanol–water partition coefficient (Wildman–Crippen LogP) is 1.24. The van der Waals surface area contributed by atoms with Gasteiger partial charge in [0.15, 0.2) is 5.82 Å². The van der Waals surface area contributed by atoms with Crippen LogP contribution in [-0.2, 0) is 14.8 Å². The van der Waals surface area contributed by atoms with E-state index in [0.29, 0.717) is 42.7 Å². The number of nitrogens with one attached hydrogen (secondary N) is 1. The summed E-state index contributed by atoms with van der Waals surface area (Å²) in [6, 6.07) is 8.48. The van der Waals surface area contributed by atoms with Gasteiger partial charge in [-0.25, -0.2) is 8.42 Å². The van der Waals surface area contributed by atoms with Gasteiger partial charge in [-0.3, -0.25) is 9.69 Å². The molecule has 1 aliphatic heterocycles.